The smallest absolute Gasteiger partial charge is 0.410 e. The lowest BCUT2D eigenvalue weighted by atomic mass is 9.98. The lowest BCUT2D eigenvalue weighted by Gasteiger charge is -2.35. The predicted octanol–water partition coefficient (Wildman–Crippen LogP) is 4.28. The highest BCUT2D eigenvalue weighted by atomic mass is 16.6. The molecule has 0 saturated carbocycles. The molecule has 178 valence electrons. The lowest BCUT2D eigenvalue weighted by molar-refractivity contribution is 0.0253. The van der Waals surface area contributed by atoms with Crippen molar-refractivity contribution in [3.63, 3.8) is 0 Å². The summed E-state index contributed by atoms with van der Waals surface area (Å²) >= 11 is 0. The third kappa shape index (κ3) is 7.43. The van der Waals surface area contributed by atoms with E-state index >= 15 is 0 Å². The molecule has 1 N–H and O–H groups in total. The average molecular weight is 447 g/mol. The number of urea groups is 1. The number of ether oxygens (including phenoxy) is 1. The van der Waals surface area contributed by atoms with Crippen molar-refractivity contribution < 1.29 is 19.1 Å². The van der Waals surface area contributed by atoms with Gasteiger partial charge in [-0.1, -0.05) is 0 Å². The van der Waals surface area contributed by atoms with Gasteiger partial charge in [0.2, 0.25) is 0 Å². The summed E-state index contributed by atoms with van der Waals surface area (Å²) in [4.78, 5) is 42.6. The minimum absolute atomic E-state index is 0.0131. The zero-order chi connectivity index (χ0) is 23.9. The number of carbonyl (C=O) groups is 3. The number of carbonyl (C=O) groups excluding carboxylic acids is 3. The van der Waals surface area contributed by atoms with E-state index in [1.54, 1.807) is 46.0 Å². The molecule has 1 unspecified atom stereocenters. The van der Waals surface area contributed by atoms with Crippen LogP contribution in [0.15, 0.2) is 24.3 Å². The molecule has 0 aromatic heterocycles. The second-order valence-corrected chi connectivity index (χ2v) is 9.30. The molecule has 1 aliphatic rings. The highest BCUT2D eigenvalue weighted by molar-refractivity contribution is 5.95. The number of benzene rings is 1. The first kappa shape index (κ1) is 25.5. The van der Waals surface area contributed by atoms with Gasteiger partial charge in [0, 0.05) is 51.0 Å². The van der Waals surface area contributed by atoms with Crippen molar-refractivity contribution in [3.8, 4) is 0 Å². The molecule has 8 heteroatoms. The molecular formula is C24H38N4O4. The summed E-state index contributed by atoms with van der Waals surface area (Å²) in [5.74, 6) is 0.182. The minimum atomic E-state index is -0.532. The number of rotatable bonds is 6. The van der Waals surface area contributed by atoms with Crippen LogP contribution in [0.2, 0.25) is 0 Å². The molecular weight excluding hydrogens is 408 g/mol. The fraction of sp³-hybridized carbons (Fsp3) is 0.625. The van der Waals surface area contributed by atoms with Crippen molar-refractivity contribution >= 4 is 23.7 Å². The third-order valence-electron chi connectivity index (χ3n) is 5.48. The quantitative estimate of drug-likeness (QED) is 0.707. The Morgan fingerprint density at radius 3 is 2.31 bits per heavy atom. The molecule has 1 saturated heterocycles. The van der Waals surface area contributed by atoms with Gasteiger partial charge in [-0.15, -0.1) is 0 Å². The van der Waals surface area contributed by atoms with Gasteiger partial charge < -0.3 is 24.8 Å². The van der Waals surface area contributed by atoms with E-state index in [1.807, 2.05) is 34.6 Å². The Kier molecular flexibility index (Phi) is 8.92. The summed E-state index contributed by atoms with van der Waals surface area (Å²) in [6.07, 6.45) is 1.50. The third-order valence-corrected chi connectivity index (χ3v) is 5.48. The Hall–Kier alpha value is -2.77. The zero-order valence-electron chi connectivity index (χ0n) is 20.3. The number of piperidine rings is 1. The van der Waals surface area contributed by atoms with Crippen LogP contribution in [0.5, 0.6) is 0 Å². The number of anilines is 1. The number of hydrogen-bond donors (Lipinski definition) is 1. The Bertz CT molecular complexity index is 784. The van der Waals surface area contributed by atoms with Gasteiger partial charge in [-0.2, -0.15) is 0 Å². The van der Waals surface area contributed by atoms with Crippen LogP contribution in [0.1, 0.15) is 57.8 Å². The predicted molar refractivity (Wildman–Crippen MR) is 126 cm³/mol. The van der Waals surface area contributed by atoms with Crippen LogP contribution in [-0.4, -0.2) is 78.1 Å². The molecule has 1 fully saturated rings. The molecule has 4 amide bonds. The number of nitrogens with one attached hydrogen (secondary N) is 1. The second-order valence-electron chi connectivity index (χ2n) is 9.30. The van der Waals surface area contributed by atoms with Crippen LogP contribution < -0.4 is 5.32 Å². The van der Waals surface area contributed by atoms with Crippen molar-refractivity contribution in [1.82, 2.24) is 14.7 Å². The second kappa shape index (κ2) is 11.2. The standard InChI is InChI=1S/C24H38N4O4/c1-7-27(8-2)21(29)19-11-13-20(14-12-19)25-22(30)28-15-9-10-18(17-28)16-26(6)23(31)32-24(3,4)5/h11-14,18H,7-10,15-17H2,1-6H3,(H,25,30). The van der Waals surface area contributed by atoms with Crippen molar-refractivity contribution in [2.75, 3.05) is 45.1 Å². The molecule has 0 aliphatic carbocycles. The van der Waals surface area contributed by atoms with Gasteiger partial charge in [0.15, 0.2) is 0 Å². The first-order chi connectivity index (χ1) is 15.0. The van der Waals surface area contributed by atoms with Gasteiger partial charge in [0.1, 0.15) is 5.60 Å². The molecule has 0 spiro atoms. The van der Waals surface area contributed by atoms with E-state index in [2.05, 4.69) is 5.32 Å². The van der Waals surface area contributed by atoms with Crippen LogP contribution >= 0.6 is 0 Å². The van der Waals surface area contributed by atoms with E-state index in [1.165, 1.54) is 0 Å². The summed E-state index contributed by atoms with van der Waals surface area (Å²) in [7, 11) is 1.73. The number of hydrogen-bond acceptors (Lipinski definition) is 4. The molecule has 2 rings (SSSR count). The van der Waals surface area contributed by atoms with E-state index in [9.17, 15) is 14.4 Å². The molecule has 1 aromatic rings. The lowest BCUT2D eigenvalue weighted by Crippen LogP contribution is -2.46. The maximum absolute atomic E-state index is 12.8. The topological polar surface area (TPSA) is 82.2 Å². The molecule has 1 atom stereocenters. The molecule has 0 radical (unpaired) electrons. The Morgan fingerprint density at radius 1 is 1.12 bits per heavy atom. The Morgan fingerprint density at radius 2 is 1.75 bits per heavy atom. The first-order valence-corrected chi connectivity index (χ1v) is 11.4. The molecule has 1 aromatic carbocycles. The highest BCUT2D eigenvalue weighted by Crippen LogP contribution is 2.20. The van der Waals surface area contributed by atoms with Crippen molar-refractivity contribution in [2.45, 2.75) is 53.1 Å². The first-order valence-electron chi connectivity index (χ1n) is 11.4. The minimum Gasteiger partial charge on any atom is -0.444 e. The van der Waals surface area contributed by atoms with E-state index in [0.29, 0.717) is 44.0 Å². The van der Waals surface area contributed by atoms with Gasteiger partial charge in [0.25, 0.3) is 5.91 Å². The maximum Gasteiger partial charge on any atom is 0.410 e. The number of likely N-dealkylation sites (tertiary alicyclic amines) is 1. The highest BCUT2D eigenvalue weighted by Gasteiger charge is 2.27. The molecule has 1 heterocycles. The largest absolute Gasteiger partial charge is 0.444 e. The van der Waals surface area contributed by atoms with Crippen LogP contribution in [0, 0.1) is 5.92 Å². The van der Waals surface area contributed by atoms with E-state index in [-0.39, 0.29) is 23.9 Å². The van der Waals surface area contributed by atoms with Gasteiger partial charge in [-0.05, 0) is 77.6 Å². The Balaban J connectivity index is 1.90. The maximum atomic E-state index is 12.8. The summed E-state index contributed by atoms with van der Waals surface area (Å²) in [5, 5.41) is 2.92. The van der Waals surface area contributed by atoms with Gasteiger partial charge in [-0.3, -0.25) is 4.79 Å². The van der Waals surface area contributed by atoms with Gasteiger partial charge in [0.05, 0.1) is 0 Å². The molecule has 1 aliphatic heterocycles. The van der Waals surface area contributed by atoms with Crippen molar-refractivity contribution in [2.24, 2.45) is 5.92 Å². The zero-order valence-corrected chi connectivity index (χ0v) is 20.3. The molecule has 0 bridgehead atoms. The van der Waals surface area contributed by atoms with Crippen LogP contribution in [0.3, 0.4) is 0 Å². The van der Waals surface area contributed by atoms with E-state index in [4.69, 9.17) is 4.74 Å². The SMILES string of the molecule is CCN(CC)C(=O)c1ccc(NC(=O)N2CCCC(CN(C)C(=O)OC(C)(C)C)C2)cc1. The number of amides is 4. The number of nitrogens with zero attached hydrogens (tertiary/aromatic N) is 3. The van der Waals surface area contributed by atoms with Crippen LogP contribution in [0.4, 0.5) is 15.3 Å². The van der Waals surface area contributed by atoms with Crippen LogP contribution in [0.25, 0.3) is 0 Å². The summed E-state index contributed by atoms with van der Waals surface area (Å²) < 4.78 is 5.42. The van der Waals surface area contributed by atoms with Crippen LogP contribution in [-0.2, 0) is 4.74 Å². The van der Waals surface area contributed by atoms with E-state index in [0.717, 1.165) is 12.8 Å². The van der Waals surface area contributed by atoms with Crippen molar-refractivity contribution in [1.29, 1.82) is 0 Å². The van der Waals surface area contributed by atoms with E-state index < -0.39 is 5.60 Å². The average Bonchev–Trinajstić information content (AvgIpc) is 2.74. The molecule has 8 nitrogen and oxygen atoms in total. The summed E-state index contributed by atoms with van der Waals surface area (Å²) in [6, 6.07) is 6.83. The fourth-order valence-electron chi connectivity index (χ4n) is 3.79. The van der Waals surface area contributed by atoms with Crippen molar-refractivity contribution in [3.05, 3.63) is 29.8 Å². The Labute approximate surface area is 191 Å². The monoisotopic (exact) mass is 446 g/mol. The van der Waals surface area contributed by atoms with Gasteiger partial charge in [-0.25, -0.2) is 9.59 Å². The molecule has 32 heavy (non-hydrogen) atoms. The normalized spacial score (nSPS) is 16.3. The fourth-order valence-corrected chi connectivity index (χ4v) is 3.79. The summed E-state index contributed by atoms with van der Waals surface area (Å²) in [5.41, 5.74) is 0.726. The summed E-state index contributed by atoms with van der Waals surface area (Å²) in [6.45, 7) is 12.6. The van der Waals surface area contributed by atoms with Gasteiger partial charge >= 0.3 is 12.1 Å².